The number of aromatic hydroxyl groups is 2. The maximum atomic E-state index is 12.9. The zero-order chi connectivity index (χ0) is 30.2. The molecule has 0 heterocycles. The summed E-state index contributed by atoms with van der Waals surface area (Å²) in [6, 6.07) is 17.4. The van der Waals surface area contributed by atoms with Crippen LogP contribution in [-0.4, -0.2) is 22.0 Å². The Morgan fingerprint density at radius 1 is 0.524 bits per heavy atom. The average molecular weight is 573 g/mol. The van der Waals surface area contributed by atoms with Crippen molar-refractivity contribution < 1.29 is 19.8 Å². The molecule has 6 heteroatoms. The van der Waals surface area contributed by atoms with E-state index in [1.54, 1.807) is 48.5 Å². The highest BCUT2D eigenvalue weighted by atomic mass is 16.3. The monoisotopic (exact) mass is 572 g/mol. The number of nitrogens with one attached hydrogen (secondary N) is 2. The SMILES string of the molecule is CCCCCCCCc1cccc(C(=O)Nc2ccc(NC(=O)c3cccc(CCCCCCCC)c3O)cc2)c1O. The summed E-state index contributed by atoms with van der Waals surface area (Å²) >= 11 is 0. The first-order valence-corrected chi connectivity index (χ1v) is 15.8. The maximum Gasteiger partial charge on any atom is 0.259 e. The van der Waals surface area contributed by atoms with Gasteiger partial charge in [-0.1, -0.05) is 102 Å². The third kappa shape index (κ3) is 10.2. The van der Waals surface area contributed by atoms with Crippen LogP contribution in [0.15, 0.2) is 60.7 Å². The van der Waals surface area contributed by atoms with E-state index in [0.29, 0.717) is 11.4 Å². The number of rotatable bonds is 18. The Morgan fingerprint density at radius 2 is 0.881 bits per heavy atom. The standard InChI is InChI=1S/C36H48N2O4/c1-3-5-7-9-11-13-17-27-19-15-21-31(33(27)39)35(41)37-29-23-25-30(26-24-29)38-36(42)32-22-16-20-28(34(32)40)18-14-12-10-8-6-4-2/h15-16,19-26,39-40H,3-14,17-18H2,1-2H3,(H,37,41)(H,38,42). The minimum atomic E-state index is -0.388. The van der Waals surface area contributed by atoms with Crippen molar-refractivity contribution in [3.63, 3.8) is 0 Å². The van der Waals surface area contributed by atoms with Gasteiger partial charge in [0.1, 0.15) is 11.5 Å². The number of carbonyl (C=O) groups excluding carboxylic acids is 2. The van der Waals surface area contributed by atoms with Crippen LogP contribution in [0.4, 0.5) is 11.4 Å². The van der Waals surface area contributed by atoms with E-state index in [1.165, 1.54) is 51.4 Å². The summed E-state index contributed by atoms with van der Waals surface area (Å²) in [6.45, 7) is 4.40. The normalized spacial score (nSPS) is 10.9. The van der Waals surface area contributed by atoms with Gasteiger partial charge < -0.3 is 20.8 Å². The van der Waals surface area contributed by atoms with Gasteiger partial charge in [0, 0.05) is 11.4 Å². The smallest absolute Gasteiger partial charge is 0.259 e. The predicted octanol–water partition coefficient (Wildman–Crippen LogP) is 9.41. The second kappa shape index (κ2) is 17.9. The molecule has 6 nitrogen and oxygen atoms in total. The fraction of sp³-hybridized carbons (Fsp3) is 0.444. The fourth-order valence-electron chi connectivity index (χ4n) is 5.18. The zero-order valence-corrected chi connectivity index (χ0v) is 25.4. The number of para-hydroxylation sites is 2. The Balaban J connectivity index is 1.53. The molecule has 3 aromatic carbocycles. The van der Waals surface area contributed by atoms with Crippen molar-refractivity contribution >= 4 is 23.2 Å². The van der Waals surface area contributed by atoms with Gasteiger partial charge in [-0.2, -0.15) is 0 Å². The summed E-state index contributed by atoms with van der Waals surface area (Å²) in [6.07, 6.45) is 15.5. The van der Waals surface area contributed by atoms with Crippen LogP contribution < -0.4 is 10.6 Å². The molecule has 42 heavy (non-hydrogen) atoms. The highest BCUT2D eigenvalue weighted by Crippen LogP contribution is 2.27. The summed E-state index contributed by atoms with van der Waals surface area (Å²) in [4.78, 5) is 25.8. The van der Waals surface area contributed by atoms with E-state index >= 15 is 0 Å². The first-order valence-electron chi connectivity index (χ1n) is 15.8. The van der Waals surface area contributed by atoms with Crippen molar-refractivity contribution in [2.24, 2.45) is 0 Å². The van der Waals surface area contributed by atoms with E-state index in [0.717, 1.165) is 49.7 Å². The Kier molecular flexibility index (Phi) is 13.9. The van der Waals surface area contributed by atoms with Gasteiger partial charge in [-0.25, -0.2) is 0 Å². The summed E-state index contributed by atoms with van der Waals surface area (Å²) in [5.74, 6) is -0.709. The van der Waals surface area contributed by atoms with Gasteiger partial charge in [-0.3, -0.25) is 9.59 Å². The number of anilines is 2. The van der Waals surface area contributed by atoms with E-state index in [1.807, 2.05) is 12.1 Å². The van der Waals surface area contributed by atoms with Crippen LogP contribution in [0.5, 0.6) is 11.5 Å². The molecule has 0 saturated carbocycles. The van der Waals surface area contributed by atoms with Gasteiger partial charge in [-0.05, 0) is 73.2 Å². The van der Waals surface area contributed by atoms with Crippen LogP contribution in [0.25, 0.3) is 0 Å². The maximum absolute atomic E-state index is 12.9. The molecular weight excluding hydrogens is 524 g/mol. The number of benzene rings is 3. The van der Waals surface area contributed by atoms with Crippen molar-refractivity contribution in [1.82, 2.24) is 0 Å². The summed E-state index contributed by atoms with van der Waals surface area (Å²) in [5, 5.41) is 27.1. The second-order valence-electron chi connectivity index (χ2n) is 11.1. The number of aryl methyl sites for hydroxylation is 2. The molecule has 0 atom stereocenters. The van der Waals surface area contributed by atoms with Gasteiger partial charge in [-0.15, -0.1) is 0 Å². The number of amides is 2. The van der Waals surface area contributed by atoms with E-state index in [-0.39, 0.29) is 34.4 Å². The van der Waals surface area contributed by atoms with Crippen molar-refractivity contribution in [2.45, 2.75) is 104 Å². The van der Waals surface area contributed by atoms with Crippen molar-refractivity contribution in [1.29, 1.82) is 0 Å². The molecule has 2 amide bonds. The van der Waals surface area contributed by atoms with E-state index < -0.39 is 0 Å². The fourth-order valence-corrected chi connectivity index (χ4v) is 5.18. The van der Waals surface area contributed by atoms with Gasteiger partial charge in [0.15, 0.2) is 0 Å². The molecule has 3 rings (SSSR count). The van der Waals surface area contributed by atoms with Gasteiger partial charge in [0.25, 0.3) is 11.8 Å². The molecule has 4 N–H and O–H groups in total. The molecule has 0 aliphatic carbocycles. The number of carbonyl (C=O) groups is 2. The predicted molar refractivity (Wildman–Crippen MR) is 173 cm³/mol. The molecule has 3 aromatic rings. The molecule has 226 valence electrons. The van der Waals surface area contributed by atoms with Crippen LogP contribution in [0.2, 0.25) is 0 Å². The second-order valence-corrected chi connectivity index (χ2v) is 11.1. The lowest BCUT2D eigenvalue weighted by Gasteiger charge is -2.12. The van der Waals surface area contributed by atoms with Crippen LogP contribution in [-0.2, 0) is 12.8 Å². The molecule has 0 fully saturated rings. The molecule has 0 aliphatic rings. The van der Waals surface area contributed by atoms with Gasteiger partial charge in [0.05, 0.1) is 11.1 Å². The molecule has 0 aromatic heterocycles. The molecule has 0 saturated heterocycles. The first-order chi connectivity index (χ1) is 20.4. The lowest BCUT2D eigenvalue weighted by Crippen LogP contribution is -2.14. The number of hydrogen-bond acceptors (Lipinski definition) is 4. The Bertz CT molecular complexity index is 1170. The average Bonchev–Trinajstić information content (AvgIpc) is 2.99. The molecule has 0 aliphatic heterocycles. The molecule has 0 bridgehead atoms. The number of phenolic OH excluding ortho intramolecular Hbond substituents is 2. The van der Waals surface area contributed by atoms with E-state index in [9.17, 15) is 19.8 Å². The van der Waals surface area contributed by atoms with Gasteiger partial charge in [0.2, 0.25) is 0 Å². The van der Waals surface area contributed by atoms with Crippen molar-refractivity contribution in [3.8, 4) is 11.5 Å². The minimum Gasteiger partial charge on any atom is -0.507 e. The molecule has 0 unspecified atom stereocenters. The van der Waals surface area contributed by atoms with Crippen LogP contribution in [0.3, 0.4) is 0 Å². The van der Waals surface area contributed by atoms with Crippen LogP contribution in [0.1, 0.15) is 123 Å². The number of unbranched alkanes of at least 4 members (excludes halogenated alkanes) is 10. The Morgan fingerprint density at radius 3 is 1.26 bits per heavy atom. The lowest BCUT2D eigenvalue weighted by molar-refractivity contribution is 0.101. The highest BCUT2D eigenvalue weighted by Gasteiger charge is 2.16. The highest BCUT2D eigenvalue weighted by molar-refractivity contribution is 6.07. The van der Waals surface area contributed by atoms with Crippen LogP contribution >= 0.6 is 0 Å². The Hall–Kier alpha value is -3.80. The van der Waals surface area contributed by atoms with Crippen LogP contribution in [0, 0.1) is 0 Å². The lowest BCUT2D eigenvalue weighted by atomic mass is 10.0. The Labute approximate surface area is 251 Å². The number of phenols is 2. The van der Waals surface area contributed by atoms with Crippen molar-refractivity contribution in [3.05, 3.63) is 82.9 Å². The molecule has 0 radical (unpaired) electrons. The van der Waals surface area contributed by atoms with Crippen molar-refractivity contribution in [2.75, 3.05) is 10.6 Å². The topological polar surface area (TPSA) is 98.7 Å². The molecular formula is C36H48N2O4. The largest absolute Gasteiger partial charge is 0.507 e. The third-order valence-corrected chi connectivity index (χ3v) is 7.73. The summed E-state index contributed by atoms with van der Waals surface area (Å²) in [5.41, 5.74) is 3.15. The summed E-state index contributed by atoms with van der Waals surface area (Å²) < 4.78 is 0. The minimum absolute atomic E-state index is 0.0333. The van der Waals surface area contributed by atoms with E-state index in [2.05, 4.69) is 24.5 Å². The quantitative estimate of drug-likeness (QED) is 0.114. The third-order valence-electron chi connectivity index (χ3n) is 7.73. The first kappa shape index (κ1) is 32.7. The number of hydrogen-bond donors (Lipinski definition) is 4. The van der Waals surface area contributed by atoms with E-state index in [4.69, 9.17) is 0 Å². The summed E-state index contributed by atoms with van der Waals surface area (Å²) in [7, 11) is 0. The van der Waals surface area contributed by atoms with Gasteiger partial charge >= 0.3 is 0 Å². The zero-order valence-electron chi connectivity index (χ0n) is 25.4. The molecule has 0 spiro atoms.